The number of para-hydroxylation sites is 2. The highest BCUT2D eigenvalue weighted by Crippen LogP contribution is 2.46. The predicted molar refractivity (Wildman–Crippen MR) is 155 cm³/mol. The van der Waals surface area contributed by atoms with E-state index in [1.165, 1.54) is 0 Å². The van der Waals surface area contributed by atoms with Crippen molar-refractivity contribution in [2.24, 2.45) is 15.9 Å². The van der Waals surface area contributed by atoms with Crippen molar-refractivity contribution in [1.29, 1.82) is 0 Å². The van der Waals surface area contributed by atoms with E-state index < -0.39 is 0 Å². The van der Waals surface area contributed by atoms with Crippen LogP contribution in [0.4, 0.5) is 5.69 Å². The Bertz CT molecular complexity index is 2040. The van der Waals surface area contributed by atoms with Crippen LogP contribution in [0.25, 0.3) is 34.6 Å². The van der Waals surface area contributed by atoms with Gasteiger partial charge in [-0.05, 0) is 54.0 Å². The molecule has 3 aliphatic heterocycles. The number of allylic oxidation sites excluding steroid dienone is 4. The molecule has 2 aromatic heterocycles. The van der Waals surface area contributed by atoms with Gasteiger partial charge >= 0.3 is 0 Å². The van der Waals surface area contributed by atoms with Gasteiger partial charge in [0.05, 0.1) is 39.7 Å². The zero-order valence-electron chi connectivity index (χ0n) is 21.4. The second-order valence-electron chi connectivity index (χ2n) is 10.8. The molecule has 6 heteroatoms. The summed E-state index contributed by atoms with van der Waals surface area (Å²) in [6, 6.07) is 18.7. The molecule has 2 aliphatic carbocycles. The van der Waals surface area contributed by atoms with Gasteiger partial charge in [0.25, 0.3) is 0 Å². The second-order valence-corrected chi connectivity index (χ2v) is 10.8. The van der Waals surface area contributed by atoms with Crippen LogP contribution >= 0.6 is 0 Å². The lowest BCUT2D eigenvalue weighted by Crippen LogP contribution is -2.38. The molecule has 3 unspecified atom stereocenters. The molecule has 2 aromatic carbocycles. The van der Waals surface area contributed by atoms with Gasteiger partial charge in [-0.1, -0.05) is 67.6 Å². The molecule has 9 rings (SSSR count). The highest BCUT2D eigenvalue weighted by Gasteiger charge is 2.41. The van der Waals surface area contributed by atoms with Crippen LogP contribution in [-0.4, -0.2) is 26.3 Å². The molecule has 0 saturated carbocycles. The van der Waals surface area contributed by atoms with E-state index in [9.17, 15) is 0 Å². The summed E-state index contributed by atoms with van der Waals surface area (Å²) >= 11 is 0. The van der Waals surface area contributed by atoms with Crippen LogP contribution in [0.3, 0.4) is 0 Å². The first-order valence-electron chi connectivity index (χ1n) is 13.5. The Labute approximate surface area is 225 Å². The summed E-state index contributed by atoms with van der Waals surface area (Å²) in [6.45, 7) is 2.25. The van der Waals surface area contributed by atoms with Gasteiger partial charge in [-0.3, -0.25) is 0 Å². The first-order valence-corrected chi connectivity index (χ1v) is 13.5. The van der Waals surface area contributed by atoms with E-state index in [-0.39, 0.29) is 12.1 Å². The second kappa shape index (κ2) is 7.60. The van der Waals surface area contributed by atoms with E-state index >= 15 is 0 Å². The van der Waals surface area contributed by atoms with E-state index in [4.69, 9.17) is 20.0 Å². The molecular weight excluding hydrogens is 480 g/mol. The third-order valence-corrected chi connectivity index (χ3v) is 8.32. The summed E-state index contributed by atoms with van der Waals surface area (Å²) in [5.74, 6) is 2.20. The number of hydrogen-bond donors (Lipinski definition) is 0. The van der Waals surface area contributed by atoms with Crippen molar-refractivity contribution >= 4 is 34.5 Å². The smallest absolute Gasteiger partial charge is 0.162 e. The van der Waals surface area contributed by atoms with Gasteiger partial charge < -0.3 is 9.47 Å². The molecule has 5 aliphatic rings. The lowest BCUT2D eigenvalue weighted by molar-refractivity contribution is 0.661. The van der Waals surface area contributed by atoms with E-state index in [1.807, 2.05) is 12.1 Å². The van der Waals surface area contributed by atoms with Crippen LogP contribution in [0.5, 0.6) is 0 Å². The summed E-state index contributed by atoms with van der Waals surface area (Å²) in [4.78, 5) is 23.5. The summed E-state index contributed by atoms with van der Waals surface area (Å²) in [5, 5.41) is 3.18. The molecule has 186 valence electrons. The molecule has 0 saturated heterocycles. The molecule has 4 aromatic rings. The van der Waals surface area contributed by atoms with Crippen molar-refractivity contribution < 1.29 is 0 Å². The molecule has 0 bridgehead atoms. The Morgan fingerprint density at radius 3 is 2.74 bits per heavy atom. The minimum Gasteiger partial charge on any atom is -0.310 e. The van der Waals surface area contributed by atoms with Crippen LogP contribution in [0.15, 0.2) is 106 Å². The summed E-state index contributed by atoms with van der Waals surface area (Å²) in [7, 11) is 0. The van der Waals surface area contributed by atoms with E-state index in [0.717, 1.165) is 73.7 Å². The fourth-order valence-electron chi connectivity index (χ4n) is 6.50. The molecule has 0 N–H and O–H groups in total. The molecule has 5 heterocycles. The molecule has 3 atom stereocenters. The van der Waals surface area contributed by atoms with Gasteiger partial charge in [-0.25, -0.2) is 20.0 Å². The molecular formula is C33H24N6. The maximum Gasteiger partial charge on any atom is 0.162 e. The number of nitrogens with zero attached hydrogens (tertiary/aromatic N) is 6. The fourth-order valence-corrected chi connectivity index (χ4v) is 6.50. The fraction of sp³-hybridized carbons (Fsp3) is 0.152. The van der Waals surface area contributed by atoms with Gasteiger partial charge in [0.1, 0.15) is 17.4 Å². The predicted octanol–water partition coefficient (Wildman–Crippen LogP) is 4.90. The van der Waals surface area contributed by atoms with E-state index in [1.54, 1.807) is 0 Å². The van der Waals surface area contributed by atoms with Crippen LogP contribution in [-0.2, 0) is 6.42 Å². The maximum atomic E-state index is 5.33. The monoisotopic (exact) mass is 504 g/mol. The number of benzene rings is 2. The largest absolute Gasteiger partial charge is 0.310 e. The normalized spacial score (nSPS) is 23.3. The van der Waals surface area contributed by atoms with E-state index in [0.29, 0.717) is 5.92 Å². The van der Waals surface area contributed by atoms with Gasteiger partial charge in [-0.15, -0.1) is 0 Å². The number of aliphatic imine (C=N–C) groups is 1. The Morgan fingerprint density at radius 2 is 1.77 bits per heavy atom. The highest BCUT2D eigenvalue weighted by molar-refractivity contribution is 6.08. The number of anilines is 1. The Kier molecular flexibility index (Phi) is 4.12. The molecule has 39 heavy (non-hydrogen) atoms. The van der Waals surface area contributed by atoms with Crippen LogP contribution in [0.2, 0.25) is 0 Å². The van der Waals surface area contributed by atoms with Gasteiger partial charge in [-0.2, -0.15) is 0 Å². The molecule has 0 radical (unpaired) electrons. The standard InChI is InChI=1S/C33H24N6/c1-19-14-15-27-25(16-19)37-33-31-28(17-20-8-2-5-11-23(20)35-31)38-26-13-7-6-12-24(26)36-32(38)30-29(39(27)33)18-21-9-3-4-10-22(21)34-30/h2-15,17-19,26,29H,16H2,1H3. The number of fused-ring (bicyclic) bond motifs is 13. The average molecular weight is 505 g/mol. The summed E-state index contributed by atoms with van der Waals surface area (Å²) in [6.07, 6.45) is 16.2. The van der Waals surface area contributed by atoms with Crippen molar-refractivity contribution in [2.45, 2.75) is 25.4 Å². The van der Waals surface area contributed by atoms with E-state index in [2.05, 4.69) is 101 Å². The lowest BCUT2D eigenvalue weighted by atomic mass is 9.97. The Balaban J connectivity index is 1.46. The van der Waals surface area contributed by atoms with Crippen molar-refractivity contribution in [3.8, 4) is 11.5 Å². The van der Waals surface area contributed by atoms with Crippen molar-refractivity contribution in [3.05, 3.63) is 118 Å². The number of imidazole rings is 1. The third kappa shape index (κ3) is 2.91. The molecule has 0 spiro atoms. The maximum absolute atomic E-state index is 5.33. The minimum absolute atomic E-state index is 0.0247. The van der Waals surface area contributed by atoms with Crippen molar-refractivity contribution in [2.75, 3.05) is 4.90 Å². The highest BCUT2D eigenvalue weighted by atomic mass is 15.3. The Hall–Kier alpha value is -4.84. The third-order valence-electron chi connectivity index (χ3n) is 8.32. The number of rotatable bonds is 0. The average Bonchev–Trinajstić information content (AvgIpc) is 3.53. The summed E-state index contributed by atoms with van der Waals surface area (Å²) in [5.41, 5.74) is 7.05. The Morgan fingerprint density at radius 1 is 0.872 bits per heavy atom. The molecule has 0 fully saturated rings. The zero-order chi connectivity index (χ0) is 25.7. The quantitative estimate of drug-likeness (QED) is 0.342. The number of hydrogen-bond acceptors (Lipinski definition) is 5. The van der Waals surface area contributed by atoms with Gasteiger partial charge in [0.2, 0.25) is 0 Å². The molecule has 0 amide bonds. The number of aromatic nitrogens is 3. The lowest BCUT2D eigenvalue weighted by Gasteiger charge is -2.33. The zero-order valence-corrected chi connectivity index (χ0v) is 21.4. The minimum atomic E-state index is -0.166. The van der Waals surface area contributed by atoms with Crippen molar-refractivity contribution in [3.63, 3.8) is 0 Å². The SMILES string of the molecule is CC1C=Cc2c(nc3n2C2C=c4ccccc4=NC2=C2N=C4C=CC=CC4N2c2cc4ccccc4nc2-3)C1. The van der Waals surface area contributed by atoms with Crippen LogP contribution in [0, 0.1) is 5.92 Å². The molecule has 6 nitrogen and oxygen atoms in total. The topological polar surface area (TPSA) is 58.7 Å². The van der Waals surface area contributed by atoms with Crippen LogP contribution < -0.4 is 15.5 Å². The number of pyridine rings is 1. The first kappa shape index (κ1) is 21.1. The summed E-state index contributed by atoms with van der Waals surface area (Å²) < 4.78 is 2.35. The van der Waals surface area contributed by atoms with Gasteiger partial charge in [0, 0.05) is 5.39 Å². The first-order chi connectivity index (χ1) is 19.2. The van der Waals surface area contributed by atoms with Crippen LogP contribution in [0.1, 0.15) is 24.4 Å². The van der Waals surface area contributed by atoms with Crippen molar-refractivity contribution in [1.82, 2.24) is 14.5 Å². The van der Waals surface area contributed by atoms with Gasteiger partial charge in [0.15, 0.2) is 11.6 Å².